The van der Waals surface area contributed by atoms with Crippen molar-refractivity contribution in [2.24, 2.45) is 0 Å². The van der Waals surface area contributed by atoms with E-state index in [2.05, 4.69) is 28.1 Å². The normalized spacial score (nSPS) is 18.3. The Kier molecular flexibility index (Phi) is 6.03. The van der Waals surface area contributed by atoms with Gasteiger partial charge in [0.1, 0.15) is 6.04 Å². The lowest BCUT2D eigenvalue weighted by atomic mass is 10.1. The Balaban J connectivity index is 1.43. The summed E-state index contributed by atoms with van der Waals surface area (Å²) < 4.78 is 0. The number of hydrogen-bond donors (Lipinski definition) is 3. The quantitative estimate of drug-likeness (QED) is 0.588. The largest absolute Gasteiger partial charge is 0.322 e. The van der Waals surface area contributed by atoms with E-state index in [9.17, 15) is 9.59 Å². The van der Waals surface area contributed by atoms with Crippen LogP contribution in [0.4, 0.5) is 11.4 Å². The van der Waals surface area contributed by atoms with E-state index in [1.807, 2.05) is 36.4 Å². The van der Waals surface area contributed by atoms with Crippen LogP contribution in [0.2, 0.25) is 0 Å². The van der Waals surface area contributed by atoms with Crippen molar-refractivity contribution in [3.05, 3.63) is 82.6 Å². The molecule has 0 spiro atoms. The fraction of sp³-hybridized carbons (Fsp3) is 0.217. The van der Waals surface area contributed by atoms with Gasteiger partial charge in [-0.3, -0.25) is 9.59 Å². The van der Waals surface area contributed by atoms with Gasteiger partial charge >= 0.3 is 0 Å². The van der Waals surface area contributed by atoms with E-state index in [1.54, 1.807) is 29.5 Å². The number of hydrogen-bond acceptors (Lipinski definition) is 3. The van der Waals surface area contributed by atoms with E-state index < -0.39 is 0 Å². The van der Waals surface area contributed by atoms with Crippen LogP contribution in [0.3, 0.4) is 0 Å². The molecular formula is C23H24N3O2S+. The fourth-order valence-electron chi connectivity index (χ4n) is 3.87. The molecule has 1 unspecified atom stereocenters. The van der Waals surface area contributed by atoms with Gasteiger partial charge in [0, 0.05) is 18.5 Å². The second kappa shape index (κ2) is 9.03. The Morgan fingerprint density at radius 2 is 1.76 bits per heavy atom. The zero-order chi connectivity index (χ0) is 20.1. The fourth-order valence-corrected chi connectivity index (χ4v) is 4.79. The molecule has 0 radical (unpaired) electrons. The summed E-state index contributed by atoms with van der Waals surface area (Å²) in [6.07, 6.45) is 2.24. The highest BCUT2D eigenvalue weighted by Gasteiger charge is 2.32. The van der Waals surface area contributed by atoms with E-state index in [0.29, 0.717) is 23.8 Å². The third-order valence-corrected chi connectivity index (χ3v) is 6.22. The highest BCUT2D eigenvalue weighted by atomic mass is 32.1. The number of anilines is 2. The Morgan fingerprint density at radius 1 is 0.966 bits per heavy atom. The van der Waals surface area contributed by atoms with Crippen LogP contribution in [-0.4, -0.2) is 24.9 Å². The molecule has 0 bridgehead atoms. The second-order valence-corrected chi connectivity index (χ2v) is 8.19. The van der Waals surface area contributed by atoms with E-state index in [0.717, 1.165) is 25.1 Å². The molecule has 3 N–H and O–H groups in total. The van der Waals surface area contributed by atoms with Crippen molar-refractivity contribution in [1.82, 2.24) is 0 Å². The Hall–Kier alpha value is -2.96. The van der Waals surface area contributed by atoms with E-state index >= 15 is 0 Å². The van der Waals surface area contributed by atoms with Crippen LogP contribution in [-0.2, 0) is 4.79 Å². The minimum Gasteiger partial charge on any atom is -0.322 e. The summed E-state index contributed by atoms with van der Waals surface area (Å²) in [7, 11) is 0. The third-order valence-electron chi connectivity index (χ3n) is 5.24. The van der Waals surface area contributed by atoms with Crippen molar-refractivity contribution in [3.63, 3.8) is 0 Å². The third kappa shape index (κ3) is 4.72. The van der Waals surface area contributed by atoms with Crippen LogP contribution in [0.25, 0.3) is 0 Å². The number of para-hydroxylation sites is 2. The number of quaternary nitrogens is 1. The maximum atomic E-state index is 12.8. The van der Waals surface area contributed by atoms with Gasteiger partial charge in [0.25, 0.3) is 11.8 Å². The molecule has 1 aliphatic heterocycles. The number of carbonyl (C=O) groups excluding carboxylic acids is 2. The molecule has 5 nitrogen and oxygen atoms in total. The van der Waals surface area contributed by atoms with Gasteiger partial charge < -0.3 is 15.5 Å². The maximum Gasteiger partial charge on any atom is 0.279 e. The van der Waals surface area contributed by atoms with Gasteiger partial charge in [-0.1, -0.05) is 36.4 Å². The monoisotopic (exact) mass is 406 g/mol. The van der Waals surface area contributed by atoms with Crippen molar-refractivity contribution < 1.29 is 14.5 Å². The molecule has 2 aromatic carbocycles. The molecule has 1 aromatic heterocycles. The maximum absolute atomic E-state index is 12.8. The van der Waals surface area contributed by atoms with Gasteiger partial charge in [-0.05, 0) is 35.7 Å². The summed E-state index contributed by atoms with van der Waals surface area (Å²) in [6, 6.07) is 21.0. The standard InChI is InChI=1S/C23H23N3O2S/c27-22(16-26-14-6-12-20(26)21-13-7-15-29-21)25-19-11-5-4-10-18(19)23(28)24-17-8-2-1-3-9-17/h1-5,7-11,13,15,20H,6,12,14,16H2,(H,24,28)(H,25,27)/p+1/t20-/m1/s1. The molecule has 6 heteroatoms. The SMILES string of the molecule is O=C(C[NH+]1CCC[C@@H]1c1cccs1)Nc1ccccc1C(=O)Nc1ccccc1. The minimum absolute atomic E-state index is 0.0663. The van der Waals surface area contributed by atoms with Gasteiger partial charge in [-0.25, -0.2) is 0 Å². The van der Waals surface area contributed by atoms with Crippen LogP contribution >= 0.6 is 11.3 Å². The van der Waals surface area contributed by atoms with E-state index in [1.165, 1.54) is 9.78 Å². The molecule has 2 heterocycles. The van der Waals surface area contributed by atoms with Gasteiger partial charge in [0.15, 0.2) is 6.54 Å². The van der Waals surface area contributed by atoms with Crippen LogP contribution < -0.4 is 15.5 Å². The number of benzene rings is 2. The summed E-state index contributed by atoms with van der Waals surface area (Å²) >= 11 is 1.76. The first-order valence-electron chi connectivity index (χ1n) is 9.84. The number of thiophene rings is 1. The average Bonchev–Trinajstić information content (AvgIpc) is 3.40. The van der Waals surface area contributed by atoms with Crippen LogP contribution in [0, 0.1) is 0 Å². The summed E-state index contributed by atoms with van der Waals surface area (Å²) in [5.41, 5.74) is 1.71. The van der Waals surface area contributed by atoms with Gasteiger partial charge in [0.05, 0.1) is 22.7 Å². The summed E-state index contributed by atoms with van der Waals surface area (Å²) in [5.74, 6) is -0.305. The highest BCUT2D eigenvalue weighted by Crippen LogP contribution is 2.23. The molecule has 148 valence electrons. The Bertz CT molecular complexity index is 973. The lowest BCUT2D eigenvalue weighted by Gasteiger charge is -2.20. The molecular weight excluding hydrogens is 382 g/mol. The Morgan fingerprint density at radius 3 is 2.55 bits per heavy atom. The molecule has 4 rings (SSSR count). The molecule has 1 saturated heterocycles. The van der Waals surface area contributed by atoms with Crippen molar-refractivity contribution >= 4 is 34.5 Å². The molecule has 1 fully saturated rings. The van der Waals surface area contributed by atoms with Crippen molar-refractivity contribution in [2.45, 2.75) is 18.9 Å². The lowest BCUT2D eigenvalue weighted by molar-refractivity contribution is -0.910. The first kappa shape index (κ1) is 19.4. The first-order chi connectivity index (χ1) is 14.2. The topological polar surface area (TPSA) is 62.6 Å². The number of amides is 2. The van der Waals surface area contributed by atoms with E-state index in [-0.39, 0.29) is 11.8 Å². The molecule has 0 saturated carbocycles. The van der Waals surface area contributed by atoms with E-state index in [4.69, 9.17) is 0 Å². The summed E-state index contributed by atoms with van der Waals surface area (Å²) in [4.78, 5) is 28.1. The van der Waals surface area contributed by atoms with Gasteiger partial charge in [-0.15, -0.1) is 11.3 Å². The van der Waals surface area contributed by atoms with Gasteiger partial charge in [-0.2, -0.15) is 0 Å². The van der Waals surface area contributed by atoms with Gasteiger partial charge in [0.2, 0.25) is 0 Å². The first-order valence-corrected chi connectivity index (χ1v) is 10.7. The average molecular weight is 407 g/mol. The van der Waals surface area contributed by atoms with Crippen molar-refractivity contribution in [1.29, 1.82) is 0 Å². The minimum atomic E-state index is -0.239. The van der Waals surface area contributed by atoms with Crippen LogP contribution in [0.15, 0.2) is 72.1 Å². The zero-order valence-corrected chi connectivity index (χ0v) is 16.9. The molecule has 1 aliphatic rings. The number of nitrogens with one attached hydrogen (secondary N) is 3. The Labute approximate surface area is 174 Å². The predicted molar refractivity (Wildman–Crippen MR) is 116 cm³/mol. The number of carbonyl (C=O) groups is 2. The lowest BCUT2D eigenvalue weighted by Crippen LogP contribution is -3.11. The summed E-state index contributed by atoms with van der Waals surface area (Å²) in [6.45, 7) is 1.39. The van der Waals surface area contributed by atoms with Crippen LogP contribution in [0.5, 0.6) is 0 Å². The molecule has 2 atom stereocenters. The molecule has 29 heavy (non-hydrogen) atoms. The molecule has 3 aromatic rings. The smallest absolute Gasteiger partial charge is 0.279 e. The molecule has 2 amide bonds. The molecule has 0 aliphatic carbocycles. The zero-order valence-electron chi connectivity index (χ0n) is 16.1. The predicted octanol–water partition coefficient (Wildman–Crippen LogP) is 3.36. The number of rotatable bonds is 6. The van der Waals surface area contributed by atoms with Crippen molar-refractivity contribution in [3.8, 4) is 0 Å². The highest BCUT2D eigenvalue weighted by molar-refractivity contribution is 7.10. The number of likely N-dealkylation sites (tertiary alicyclic amines) is 1. The second-order valence-electron chi connectivity index (χ2n) is 7.21. The van der Waals surface area contributed by atoms with Crippen molar-refractivity contribution in [2.75, 3.05) is 23.7 Å². The summed E-state index contributed by atoms with van der Waals surface area (Å²) in [5, 5.41) is 7.92. The van der Waals surface area contributed by atoms with Crippen LogP contribution in [0.1, 0.15) is 34.1 Å².